The highest BCUT2D eigenvalue weighted by Gasteiger charge is 2.12. The molecule has 0 fully saturated rings. The summed E-state index contributed by atoms with van der Waals surface area (Å²) in [5.41, 5.74) is 1.48. The Morgan fingerprint density at radius 3 is 2.35 bits per heavy atom. The molecule has 0 unspecified atom stereocenters. The Balaban J connectivity index is 2.62. The number of hydrogen-bond acceptors (Lipinski definition) is 3. The van der Waals surface area contributed by atoms with Crippen molar-refractivity contribution in [2.75, 3.05) is 14.2 Å². The molecule has 0 bridgehead atoms. The minimum absolute atomic E-state index is 0.137. The quantitative estimate of drug-likeness (QED) is 0.933. The summed E-state index contributed by atoms with van der Waals surface area (Å²) >= 11 is 6.17. The highest BCUT2D eigenvalue weighted by atomic mass is 35.5. The van der Waals surface area contributed by atoms with Crippen LogP contribution in [0.4, 0.5) is 0 Å². The number of methoxy groups -OCH3 is 2. The van der Waals surface area contributed by atoms with Crippen molar-refractivity contribution in [2.45, 2.75) is 0 Å². The van der Waals surface area contributed by atoms with E-state index in [1.807, 2.05) is 0 Å². The molecule has 2 aromatic rings. The van der Waals surface area contributed by atoms with E-state index in [0.717, 1.165) is 0 Å². The third-order valence-corrected chi connectivity index (χ3v) is 3.20. The number of aromatic carboxylic acids is 1. The van der Waals surface area contributed by atoms with Crippen LogP contribution in [0.1, 0.15) is 10.4 Å². The fraction of sp³-hybridized carbons (Fsp3) is 0.133. The van der Waals surface area contributed by atoms with Crippen LogP contribution in [-0.4, -0.2) is 25.3 Å². The SMILES string of the molecule is COc1cc(C(=O)O)cc(-c2cc(OC)ccc2Cl)c1. The van der Waals surface area contributed by atoms with Crippen LogP contribution in [0.2, 0.25) is 5.02 Å². The predicted octanol–water partition coefficient (Wildman–Crippen LogP) is 3.72. The van der Waals surface area contributed by atoms with E-state index in [9.17, 15) is 4.79 Å². The number of ether oxygens (including phenoxy) is 2. The predicted molar refractivity (Wildman–Crippen MR) is 77.0 cm³/mol. The van der Waals surface area contributed by atoms with Gasteiger partial charge in [0.05, 0.1) is 19.8 Å². The minimum Gasteiger partial charge on any atom is -0.497 e. The molecule has 0 heterocycles. The van der Waals surface area contributed by atoms with Crippen LogP contribution in [0.5, 0.6) is 11.5 Å². The molecule has 0 spiro atoms. The Morgan fingerprint density at radius 2 is 1.75 bits per heavy atom. The summed E-state index contributed by atoms with van der Waals surface area (Å²) < 4.78 is 10.3. The molecule has 0 saturated heterocycles. The van der Waals surface area contributed by atoms with E-state index >= 15 is 0 Å². The van der Waals surface area contributed by atoms with Gasteiger partial charge >= 0.3 is 5.97 Å². The van der Waals surface area contributed by atoms with Gasteiger partial charge in [-0.25, -0.2) is 4.79 Å². The maximum atomic E-state index is 11.1. The molecule has 4 nitrogen and oxygen atoms in total. The summed E-state index contributed by atoms with van der Waals surface area (Å²) in [5.74, 6) is 0.0760. The van der Waals surface area contributed by atoms with Crippen LogP contribution in [-0.2, 0) is 0 Å². The van der Waals surface area contributed by atoms with Crippen molar-refractivity contribution in [2.24, 2.45) is 0 Å². The number of carbonyl (C=O) groups is 1. The number of rotatable bonds is 4. The van der Waals surface area contributed by atoms with E-state index in [4.69, 9.17) is 26.2 Å². The molecular formula is C15H13ClO4. The Bertz CT molecular complexity index is 652. The molecule has 0 aliphatic heterocycles. The smallest absolute Gasteiger partial charge is 0.335 e. The maximum absolute atomic E-state index is 11.1. The van der Waals surface area contributed by atoms with Gasteiger partial charge in [0.25, 0.3) is 0 Å². The van der Waals surface area contributed by atoms with Gasteiger partial charge in [-0.3, -0.25) is 0 Å². The summed E-state index contributed by atoms with van der Waals surface area (Å²) in [4.78, 5) is 11.1. The van der Waals surface area contributed by atoms with Gasteiger partial charge in [-0.2, -0.15) is 0 Å². The lowest BCUT2D eigenvalue weighted by molar-refractivity contribution is 0.0696. The number of benzene rings is 2. The Labute approximate surface area is 121 Å². The first-order chi connectivity index (χ1) is 9.55. The first-order valence-electron chi connectivity index (χ1n) is 5.81. The Kier molecular flexibility index (Phi) is 4.15. The van der Waals surface area contributed by atoms with Crippen LogP contribution in [0, 0.1) is 0 Å². The molecule has 0 atom stereocenters. The van der Waals surface area contributed by atoms with Crippen LogP contribution in [0.25, 0.3) is 11.1 Å². The van der Waals surface area contributed by atoms with Crippen molar-refractivity contribution in [3.63, 3.8) is 0 Å². The molecule has 20 heavy (non-hydrogen) atoms. The summed E-state index contributed by atoms with van der Waals surface area (Å²) in [6, 6.07) is 9.93. The third-order valence-electron chi connectivity index (χ3n) is 2.87. The van der Waals surface area contributed by atoms with Crippen LogP contribution in [0.3, 0.4) is 0 Å². The molecule has 0 amide bonds. The van der Waals surface area contributed by atoms with Gasteiger partial charge < -0.3 is 14.6 Å². The van der Waals surface area contributed by atoms with Crippen molar-refractivity contribution in [3.8, 4) is 22.6 Å². The highest BCUT2D eigenvalue weighted by molar-refractivity contribution is 6.33. The van der Waals surface area contributed by atoms with Gasteiger partial charge in [-0.15, -0.1) is 0 Å². The zero-order valence-electron chi connectivity index (χ0n) is 11.0. The van der Waals surface area contributed by atoms with Crippen LogP contribution in [0.15, 0.2) is 36.4 Å². The molecule has 104 valence electrons. The van der Waals surface area contributed by atoms with Crippen molar-refractivity contribution in [1.82, 2.24) is 0 Å². The molecule has 0 radical (unpaired) electrons. The zero-order valence-corrected chi connectivity index (χ0v) is 11.8. The molecule has 2 rings (SSSR count). The van der Waals surface area contributed by atoms with Crippen LogP contribution < -0.4 is 9.47 Å². The largest absolute Gasteiger partial charge is 0.497 e. The van der Waals surface area contributed by atoms with Gasteiger partial charge in [0.2, 0.25) is 0 Å². The van der Waals surface area contributed by atoms with Crippen molar-refractivity contribution in [1.29, 1.82) is 0 Å². The Hall–Kier alpha value is -2.20. The number of halogens is 1. The standard InChI is InChI=1S/C15H13ClO4/c1-19-11-3-4-14(16)13(8-11)9-5-10(15(17)18)7-12(6-9)20-2/h3-8H,1-2H3,(H,17,18). The van der Waals surface area contributed by atoms with E-state index < -0.39 is 5.97 Å². The van der Waals surface area contributed by atoms with E-state index in [-0.39, 0.29) is 5.56 Å². The second kappa shape index (κ2) is 5.84. The molecular weight excluding hydrogens is 280 g/mol. The lowest BCUT2D eigenvalue weighted by Gasteiger charge is -2.10. The fourth-order valence-electron chi connectivity index (χ4n) is 1.85. The van der Waals surface area contributed by atoms with E-state index in [0.29, 0.717) is 27.6 Å². The minimum atomic E-state index is -1.02. The topological polar surface area (TPSA) is 55.8 Å². The normalized spacial score (nSPS) is 10.2. The molecule has 0 saturated carbocycles. The number of carboxylic acids is 1. The van der Waals surface area contributed by atoms with E-state index in [1.54, 1.807) is 37.4 Å². The number of hydrogen-bond donors (Lipinski definition) is 1. The van der Waals surface area contributed by atoms with Crippen molar-refractivity contribution in [3.05, 3.63) is 47.0 Å². The van der Waals surface area contributed by atoms with Gasteiger partial charge in [-0.05, 0) is 42.0 Å². The van der Waals surface area contributed by atoms with E-state index in [2.05, 4.69) is 0 Å². The van der Waals surface area contributed by atoms with E-state index in [1.165, 1.54) is 13.2 Å². The lowest BCUT2D eigenvalue weighted by atomic mass is 10.0. The molecule has 1 N–H and O–H groups in total. The summed E-state index contributed by atoms with van der Waals surface area (Å²) in [5, 5.41) is 9.64. The van der Waals surface area contributed by atoms with Gasteiger partial charge in [0.1, 0.15) is 11.5 Å². The fourth-order valence-corrected chi connectivity index (χ4v) is 2.08. The van der Waals surface area contributed by atoms with Gasteiger partial charge in [0.15, 0.2) is 0 Å². The highest BCUT2D eigenvalue weighted by Crippen LogP contribution is 2.34. The second-order valence-corrected chi connectivity index (χ2v) is 4.51. The zero-order chi connectivity index (χ0) is 14.7. The van der Waals surface area contributed by atoms with Crippen molar-refractivity contribution < 1.29 is 19.4 Å². The average molecular weight is 293 g/mol. The first kappa shape index (κ1) is 14.2. The molecule has 5 heteroatoms. The van der Waals surface area contributed by atoms with Gasteiger partial charge in [0, 0.05) is 10.6 Å². The molecule has 0 aliphatic carbocycles. The average Bonchev–Trinajstić information content (AvgIpc) is 2.47. The third kappa shape index (κ3) is 2.86. The molecule has 0 aromatic heterocycles. The number of carboxylic acid groups (broad SMARTS) is 1. The molecule has 0 aliphatic rings. The maximum Gasteiger partial charge on any atom is 0.335 e. The van der Waals surface area contributed by atoms with Gasteiger partial charge in [-0.1, -0.05) is 11.6 Å². The summed E-state index contributed by atoms with van der Waals surface area (Å²) in [6.07, 6.45) is 0. The lowest BCUT2D eigenvalue weighted by Crippen LogP contribution is -1.98. The van der Waals surface area contributed by atoms with Crippen molar-refractivity contribution >= 4 is 17.6 Å². The summed E-state index contributed by atoms with van der Waals surface area (Å²) in [6.45, 7) is 0. The monoisotopic (exact) mass is 292 g/mol. The molecule has 2 aromatic carbocycles. The van der Waals surface area contributed by atoms with Crippen LogP contribution >= 0.6 is 11.6 Å². The second-order valence-electron chi connectivity index (χ2n) is 4.10. The first-order valence-corrected chi connectivity index (χ1v) is 6.19. The Morgan fingerprint density at radius 1 is 1.05 bits per heavy atom. The summed E-state index contributed by atoms with van der Waals surface area (Å²) in [7, 11) is 3.04.